The summed E-state index contributed by atoms with van der Waals surface area (Å²) in [5.74, 6) is -4.37. The maximum atomic E-state index is 12.4. The van der Waals surface area contributed by atoms with Crippen LogP contribution in [0.5, 0.6) is 0 Å². The Balaban J connectivity index is 0.000000121. The molecule has 3 N–H and O–H groups in total. The molecule has 6 saturated heterocycles. The molecule has 4 bridgehead atoms. The molecule has 0 aromatic rings. The van der Waals surface area contributed by atoms with Gasteiger partial charge in [-0.25, -0.2) is 9.59 Å². The van der Waals surface area contributed by atoms with Crippen LogP contribution in [0.1, 0.15) is 47.5 Å². The van der Waals surface area contributed by atoms with Gasteiger partial charge in [-0.15, -0.1) is 0 Å². The number of hydrogen-bond donors (Lipinski definition) is 3. The van der Waals surface area contributed by atoms with Crippen molar-refractivity contribution in [1.29, 1.82) is 0 Å². The van der Waals surface area contributed by atoms with Crippen molar-refractivity contribution in [3.63, 3.8) is 0 Å². The average molecular weight is 603 g/mol. The van der Waals surface area contributed by atoms with Crippen LogP contribution in [-0.2, 0) is 47.6 Å². The lowest BCUT2D eigenvalue weighted by atomic mass is 9.52. The van der Waals surface area contributed by atoms with E-state index in [-0.39, 0.29) is 24.9 Å². The number of epoxide rings is 2. The zero-order valence-corrected chi connectivity index (χ0v) is 24.3. The molecule has 0 radical (unpaired) electrons. The standard InChI is InChI=1S/C15H18O7.C15H16O6/c1-12(2,18)6-7-10(16)20-8(6)9-13(3)14(7,19)4-5-15(13,22-5)11(17)21-9;1-5(2)7-8-11(16)19-9(7)10-13(3)14(8,18)4-6-15(13,21-6)12(17)20-10/h5-9,18-19H,4H2,1-3H3;6-10,18H,1,4H2,2-3H3/t5?,6-,7+,8+,9-,13-,14-,15?;6?,7-,8+,9+,10-,13-,14-,15?/m11/s1. The van der Waals surface area contributed by atoms with Crippen LogP contribution in [0.2, 0.25) is 0 Å². The fourth-order valence-corrected chi connectivity index (χ4v) is 11.4. The molecule has 10 aliphatic rings. The highest BCUT2D eigenvalue weighted by molar-refractivity contribution is 5.92. The quantitative estimate of drug-likeness (QED) is 0.152. The van der Waals surface area contributed by atoms with E-state index in [1.807, 2.05) is 6.92 Å². The normalized spacial score (nSPS) is 61.3. The molecule has 4 aliphatic carbocycles. The Kier molecular flexibility index (Phi) is 4.24. The van der Waals surface area contributed by atoms with Crippen LogP contribution in [0.15, 0.2) is 12.2 Å². The van der Waals surface area contributed by atoms with E-state index < -0.39 is 111 Å². The van der Waals surface area contributed by atoms with Crippen LogP contribution in [-0.4, -0.2) is 104 Å². The van der Waals surface area contributed by atoms with E-state index in [1.165, 1.54) is 0 Å². The van der Waals surface area contributed by atoms with E-state index in [0.717, 1.165) is 5.57 Å². The summed E-state index contributed by atoms with van der Waals surface area (Å²) < 4.78 is 33.2. The monoisotopic (exact) mass is 602 g/mol. The average Bonchev–Trinajstić information content (AvgIpc) is 3.58. The number of aliphatic hydroxyl groups is 3. The minimum Gasteiger partial charge on any atom is -0.458 e. The van der Waals surface area contributed by atoms with Gasteiger partial charge < -0.3 is 43.7 Å². The predicted octanol–water partition coefficient (Wildman–Crippen LogP) is -0.929. The van der Waals surface area contributed by atoms with Gasteiger partial charge >= 0.3 is 23.9 Å². The molecular weight excluding hydrogens is 568 g/mol. The molecule has 43 heavy (non-hydrogen) atoms. The molecule has 10 fully saturated rings. The molecule has 232 valence electrons. The summed E-state index contributed by atoms with van der Waals surface area (Å²) in [6.45, 7) is 12.5. The molecule has 13 heteroatoms. The zero-order chi connectivity index (χ0) is 30.8. The SMILES string of the molecule is C=C(C)[C@H]1[C@@H]2OC(=O)[C@H]1[C@]1(O)CC3OC34C(=O)O[C@H]2[C@@]41C.CC(C)(O)[C@H]1[C@@H]2OC(=O)[C@H]1[C@]1(O)CC3OC34C(=O)O[C@H]2[C@@]41C. The van der Waals surface area contributed by atoms with Gasteiger partial charge in [-0.3, -0.25) is 9.59 Å². The second kappa shape index (κ2) is 6.81. The second-order valence-corrected chi connectivity index (χ2v) is 15.3. The minimum absolute atomic E-state index is 0.189. The number of fused-ring (bicyclic) bond motifs is 8. The summed E-state index contributed by atoms with van der Waals surface area (Å²) >= 11 is 0. The first kappa shape index (κ1) is 26.8. The van der Waals surface area contributed by atoms with Gasteiger partial charge in [-0.1, -0.05) is 12.2 Å². The Hall–Kier alpha value is -2.58. The van der Waals surface area contributed by atoms with E-state index in [2.05, 4.69) is 6.58 Å². The summed E-state index contributed by atoms with van der Waals surface area (Å²) in [7, 11) is 0. The Morgan fingerprint density at radius 1 is 0.791 bits per heavy atom. The lowest BCUT2D eigenvalue weighted by molar-refractivity contribution is -0.223. The maximum absolute atomic E-state index is 12.4. The van der Waals surface area contributed by atoms with Gasteiger partial charge in [0.15, 0.2) is 12.2 Å². The molecule has 6 heterocycles. The van der Waals surface area contributed by atoms with E-state index >= 15 is 0 Å². The largest absolute Gasteiger partial charge is 0.458 e. The van der Waals surface area contributed by atoms with E-state index in [9.17, 15) is 34.5 Å². The van der Waals surface area contributed by atoms with Crippen molar-refractivity contribution in [3.05, 3.63) is 12.2 Å². The highest BCUT2D eigenvalue weighted by atomic mass is 16.7. The Labute approximate surface area is 245 Å². The molecule has 0 amide bonds. The summed E-state index contributed by atoms with van der Waals surface area (Å²) in [6, 6.07) is 0. The smallest absolute Gasteiger partial charge is 0.342 e. The predicted molar refractivity (Wildman–Crippen MR) is 135 cm³/mol. The molecule has 6 aliphatic heterocycles. The number of carbonyl (C=O) groups is 4. The van der Waals surface area contributed by atoms with Gasteiger partial charge in [-0.05, 0) is 34.6 Å². The summed E-state index contributed by atoms with van der Waals surface area (Å²) in [4.78, 5) is 49.4. The van der Waals surface area contributed by atoms with Crippen molar-refractivity contribution in [1.82, 2.24) is 0 Å². The van der Waals surface area contributed by atoms with Gasteiger partial charge in [0.1, 0.15) is 24.4 Å². The molecule has 4 saturated carbocycles. The Bertz CT molecular complexity index is 1500. The number of esters is 4. The van der Waals surface area contributed by atoms with Crippen molar-refractivity contribution in [2.24, 2.45) is 34.5 Å². The molecule has 13 nitrogen and oxygen atoms in total. The fourth-order valence-electron chi connectivity index (χ4n) is 11.4. The van der Waals surface area contributed by atoms with Gasteiger partial charge in [-0.2, -0.15) is 0 Å². The first-order valence-electron chi connectivity index (χ1n) is 14.9. The third kappa shape index (κ3) is 2.29. The van der Waals surface area contributed by atoms with Crippen molar-refractivity contribution in [2.45, 2.75) is 112 Å². The molecule has 10 rings (SSSR count). The van der Waals surface area contributed by atoms with Crippen molar-refractivity contribution in [3.8, 4) is 0 Å². The highest BCUT2D eigenvalue weighted by Gasteiger charge is 2.97. The Morgan fingerprint density at radius 3 is 1.72 bits per heavy atom. The minimum atomic E-state index is -1.47. The first-order valence-corrected chi connectivity index (χ1v) is 14.9. The van der Waals surface area contributed by atoms with Crippen LogP contribution in [0.4, 0.5) is 0 Å². The van der Waals surface area contributed by atoms with Gasteiger partial charge in [0, 0.05) is 24.7 Å². The van der Waals surface area contributed by atoms with Crippen molar-refractivity contribution >= 4 is 23.9 Å². The van der Waals surface area contributed by atoms with Crippen LogP contribution >= 0.6 is 0 Å². The molecular formula is C30H34O13. The van der Waals surface area contributed by atoms with Crippen LogP contribution in [0, 0.1) is 34.5 Å². The highest BCUT2D eigenvalue weighted by Crippen LogP contribution is 2.78. The van der Waals surface area contributed by atoms with Gasteiger partial charge in [0.2, 0.25) is 11.2 Å². The van der Waals surface area contributed by atoms with Gasteiger partial charge in [0.25, 0.3) is 0 Å². The van der Waals surface area contributed by atoms with Crippen LogP contribution < -0.4 is 0 Å². The topological polar surface area (TPSA) is 191 Å². The molecule has 16 atom stereocenters. The molecule has 4 unspecified atom stereocenters. The fraction of sp³-hybridized carbons (Fsp3) is 0.800. The Morgan fingerprint density at radius 2 is 1.23 bits per heavy atom. The second-order valence-electron chi connectivity index (χ2n) is 15.3. The number of carbonyl (C=O) groups excluding carboxylic acids is 4. The third-order valence-corrected chi connectivity index (χ3v) is 13.4. The summed E-state index contributed by atoms with van der Waals surface area (Å²) in [6.07, 6.45) is -3.12. The van der Waals surface area contributed by atoms with Crippen LogP contribution in [0.25, 0.3) is 0 Å². The third-order valence-electron chi connectivity index (χ3n) is 13.4. The van der Waals surface area contributed by atoms with Gasteiger partial charge in [0.05, 0.1) is 39.5 Å². The summed E-state index contributed by atoms with van der Waals surface area (Å²) in [5, 5.41) is 33.3. The lowest BCUT2D eigenvalue weighted by Crippen LogP contribution is -2.68. The lowest BCUT2D eigenvalue weighted by Gasteiger charge is -2.53. The first-order chi connectivity index (χ1) is 19.9. The maximum Gasteiger partial charge on any atom is 0.342 e. The molecule has 0 aromatic carbocycles. The van der Waals surface area contributed by atoms with Crippen LogP contribution in [0.3, 0.4) is 0 Å². The number of hydrogen-bond acceptors (Lipinski definition) is 13. The number of rotatable bonds is 2. The molecule has 0 aromatic heterocycles. The van der Waals surface area contributed by atoms with E-state index in [0.29, 0.717) is 0 Å². The number of ether oxygens (including phenoxy) is 6. The van der Waals surface area contributed by atoms with Crippen molar-refractivity contribution < 1.29 is 62.9 Å². The zero-order valence-electron chi connectivity index (χ0n) is 24.3. The molecule has 2 spiro atoms. The van der Waals surface area contributed by atoms with E-state index in [4.69, 9.17) is 28.4 Å². The van der Waals surface area contributed by atoms with Crippen molar-refractivity contribution in [2.75, 3.05) is 0 Å². The van der Waals surface area contributed by atoms with E-state index in [1.54, 1.807) is 27.7 Å². The summed E-state index contributed by atoms with van der Waals surface area (Å²) in [5.41, 5.74) is -7.49.